The number of amides is 1. The van der Waals surface area contributed by atoms with Gasteiger partial charge in [-0.05, 0) is 112 Å². The van der Waals surface area contributed by atoms with Crippen LogP contribution in [0.5, 0.6) is 0 Å². The Kier molecular flexibility index (Phi) is 33.4. The van der Waals surface area contributed by atoms with Crippen molar-refractivity contribution in [1.29, 1.82) is 0 Å². The average Bonchev–Trinajstić information content (AvgIpc) is 3.90. The van der Waals surface area contributed by atoms with E-state index in [1.807, 2.05) is 0 Å². The summed E-state index contributed by atoms with van der Waals surface area (Å²) < 4.78 is 0. The minimum atomic E-state index is 0.354. The van der Waals surface area contributed by atoms with Gasteiger partial charge >= 0.3 is 0 Å². The van der Waals surface area contributed by atoms with Crippen molar-refractivity contribution >= 4 is 5.91 Å². The first kappa shape index (κ1) is 48.8. The van der Waals surface area contributed by atoms with Crippen LogP contribution in [-0.2, 0) is 11.2 Å². The van der Waals surface area contributed by atoms with Gasteiger partial charge in [-0.3, -0.25) is 4.79 Å². The van der Waals surface area contributed by atoms with Crippen molar-refractivity contribution in [3.63, 3.8) is 0 Å². The third-order valence-electron chi connectivity index (χ3n) is 9.48. The normalized spacial score (nSPS) is 14.0. The fraction of sp³-hybridized carbons (Fsp3) is 0.844. The Balaban J connectivity index is 0. The van der Waals surface area contributed by atoms with Gasteiger partial charge in [-0.1, -0.05) is 152 Å². The monoisotopic (exact) mass is 673 g/mol. The maximum atomic E-state index is 12.3. The molecule has 1 aromatic rings. The Morgan fingerprint density at radius 1 is 0.729 bits per heavy atom. The highest BCUT2D eigenvalue weighted by molar-refractivity contribution is 5.76. The van der Waals surface area contributed by atoms with Crippen LogP contribution in [0.25, 0.3) is 0 Å². The van der Waals surface area contributed by atoms with Gasteiger partial charge in [0.2, 0.25) is 5.91 Å². The highest BCUT2D eigenvalue weighted by Gasteiger charge is 2.26. The maximum Gasteiger partial charge on any atom is 0.222 e. The third kappa shape index (κ3) is 25.6. The van der Waals surface area contributed by atoms with E-state index in [9.17, 15) is 4.79 Å². The van der Waals surface area contributed by atoms with Crippen LogP contribution in [0.2, 0.25) is 0 Å². The van der Waals surface area contributed by atoms with Crippen LogP contribution in [-0.4, -0.2) is 49.4 Å². The topological polar surface area (TPSA) is 23.6 Å². The Morgan fingerprint density at radius 2 is 1.31 bits per heavy atom. The molecule has 3 nitrogen and oxygen atoms in total. The molecule has 3 heteroatoms. The van der Waals surface area contributed by atoms with Crippen molar-refractivity contribution in [2.75, 3.05) is 33.7 Å². The molecule has 0 spiro atoms. The molecule has 0 N–H and O–H groups in total. The van der Waals surface area contributed by atoms with E-state index in [0.29, 0.717) is 18.2 Å². The molecule has 0 radical (unpaired) electrons. The lowest BCUT2D eigenvalue weighted by Gasteiger charge is -2.24. The molecule has 1 aliphatic carbocycles. The zero-order chi connectivity index (χ0) is 36.7. The summed E-state index contributed by atoms with van der Waals surface area (Å²) in [6, 6.07) is 7.47. The second-order valence-corrected chi connectivity index (χ2v) is 15.2. The third-order valence-corrected chi connectivity index (χ3v) is 9.48. The van der Waals surface area contributed by atoms with Gasteiger partial charge in [-0.15, -0.1) is 0 Å². The Bertz CT molecular complexity index is 843. The lowest BCUT2D eigenvalue weighted by atomic mass is 9.84. The molecular formula is C45H88N2O. The van der Waals surface area contributed by atoms with E-state index in [1.165, 1.54) is 83.5 Å². The number of carbonyl (C=O) groups is 1. The number of aryl methyl sites for hydroxylation is 1. The van der Waals surface area contributed by atoms with Gasteiger partial charge in [0.05, 0.1) is 0 Å². The van der Waals surface area contributed by atoms with Crippen LogP contribution in [0.15, 0.2) is 18.2 Å². The zero-order valence-electron chi connectivity index (χ0n) is 35.2. The van der Waals surface area contributed by atoms with Crippen LogP contribution < -0.4 is 0 Å². The lowest BCUT2D eigenvalue weighted by molar-refractivity contribution is -0.132. The molecule has 0 aromatic heterocycles. The standard InChI is InChI=1S/C21H34.C16H34N2O.C5H12.C3H8/c1-5-8-16(4)14-17(7-3)19-12-13-21(18-10-11-18)20(15-19)9-6-2;1-6-8-12-18(13-10-9-11-17(4)5)16(19)14-15(3)7-2;1-3-5-4-2;1-3-2/h12-13,15-18H,5-11,14H2,1-4H3;15H,6-14H2,1-5H3;3-5H2,1-2H3;3H2,1-2H3. The highest BCUT2D eigenvalue weighted by atomic mass is 16.2. The molecular weight excluding hydrogens is 585 g/mol. The molecule has 3 unspecified atom stereocenters. The molecule has 284 valence electrons. The van der Waals surface area contributed by atoms with Gasteiger partial charge in [0.15, 0.2) is 0 Å². The van der Waals surface area contributed by atoms with Crippen LogP contribution in [0.4, 0.5) is 0 Å². The Labute approximate surface area is 303 Å². The van der Waals surface area contributed by atoms with Gasteiger partial charge in [-0.25, -0.2) is 0 Å². The van der Waals surface area contributed by atoms with Crippen LogP contribution in [0, 0.1) is 11.8 Å². The van der Waals surface area contributed by atoms with Gasteiger partial charge < -0.3 is 9.80 Å². The molecule has 1 saturated carbocycles. The fourth-order valence-corrected chi connectivity index (χ4v) is 6.16. The largest absolute Gasteiger partial charge is 0.343 e. The summed E-state index contributed by atoms with van der Waals surface area (Å²) in [5, 5.41) is 0. The predicted octanol–water partition coefficient (Wildman–Crippen LogP) is 13.8. The predicted molar refractivity (Wildman–Crippen MR) is 219 cm³/mol. The number of carbonyl (C=O) groups excluding carboxylic acids is 1. The number of unbranched alkanes of at least 4 members (excludes halogenated alkanes) is 4. The molecule has 2 rings (SSSR count). The van der Waals surface area contributed by atoms with Crippen molar-refractivity contribution in [1.82, 2.24) is 9.80 Å². The van der Waals surface area contributed by atoms with E-state index in [1.54, 1.807) is 16.7 Å². The highest BCUT2D eigenvalue weighted by Crippen LogP contribution is 2.43. The van der Waals surface area contributed by atoms with Crippen molar-refractivity contribution < 1.29 is 4.79 Å². The van der Waals surface area contributed by atoms with Gasteiger partial charge in [0.25, 0.3) is 0 Å². The zero-order valence-corrected chi connectivity index (χ0v) is 35.2. The Morgan fingerprint density at radius 3 is 1.77 bits per heavy atom. The minimum Gasteiger partial charge on any atom is -0.343 e. The number of hydrogen-bond donors (Lipinski definition) is 0. The smallest absolute Gasteiger partial charge is 0.222 e. The molecule has 1 fully saturated rings. The lowest BCUT2D eigenvalue weighted by Crippen LogP contribution is -2.34. The van der Waals surface area contributed by atoms with Gasteiger partial charge in [0.1, 0.15) is 0 Å². The molecule has 3 atom stereocenters. The Hall–Kier alpha value is -1.35. The summed E-state index contributed by atoms with van der Waals surface area (Å²) >= 11 is 0. The van der Waals surface area contributed by atoms with E-state index in [-0.39, 0.29) is 0 Å². The van der Waals surface area contributed by atoms with Gasteiger partial charge in [0, 0.05) is 19.5 Å². The van der Waals surface area contributed by atoms with Crippen molar-refractivity contribution in [3.05, 3.63) is 34.9 Å². The number of rotatable bonds is 22. The molecule has 48 heavy (non-hydrogen) atoms. The summed E-state index contributed by atoms with van der Waals surface area (Å²) in [5.74, 6) is 3.37. The van der Waals surface area contributed by atoms with E-state index >= 15 is 0 Å². The molecule has 1 aliphatic rings. The van der Waals surface area contributed by atoms with Crippen LogP contribution in [0.1, 0.15) is 214 Å². The number of nitrogens with zero attached hydrogens (tertiary/aromatic N) is 2. The SMILES string of the molecule is CCC.CCCCC.CCCCN(CCCCN(C)C)C(=O)CC(C)CC.CCCc1cc(C(CC)CC(C)CCC)ccc1C1CC1. The summed E-state index contributed by atoms with van der Waals surface area (Å²) in [6.07, 6.45) is 22.4. The van der Waals surface area contributed by atoms with Crippen LogP contribution in [0.3, 0.4) is 0 Å². The first-order valence-electron chi connectivity index (χ1n) is 21.1. The summed E-state index contributed by atoms with van der Waals surface area (Å²) in [6.45, 7) is 27.6. The quantitative estimate of drug-likeness (QED) is 0.114. The molecule has 0 aliphatic heterocycles. The molecule has 1 amide bonds. The summed E-state index contributed by atoms with van der Waals surface area (Å²) in [7, 11) is 4.20. The van der Waals surface area contributed by atoms with Crippen molar-refractivity contribution in [3.8, 4) is 0 Å². The first-order valence-corrected chi connectivity index (χ1v) is 21.1. The maximum absolute atomic E-state index is 12.3. The average molecular weight is 673 g/mol. The fourth-order valence-electron chi connectivity index (χ4n) is 6.16. The number of benzene rings is 1. The van der Waals surface area contributed by atoms with E-state index in [0.717, 1.165) is 63.1 Å². The molecule has 0 saturated heterocycles. The van der Waals surface area contributed by atoms with E-state index in [2.05, 4.69) is 118 Å². The summed E-state index contributed by atoms with van der Waals surface area (Å²) in [5.41, 5.74) is 4.92. The van der Waals surface area contributed by atoms with E-state index < -0.39 is 0 Å². The van der Waals surface area contributed by atoms with E-state index in [4.69, 9.17) is 0 Å². The first-order chi connectivity index (χ1) is 23.0. The molecule has 1 aromatic carbocycles. The second-order valence-electron chi connectivity index (χ2n) is 15.2. The van der Waals surface area contributed by atoms with Crippen molar-refractivity contribution in [2.45, 2.75) is 204 Å². The van der Waals surface area contributed by atoms with Gasteiger partial charge in [-0.2, -0.15) is 0 Å². The van der Waals surface area contributed by atoms with Crippen LogP contribution >= 0.6 is 0 Å². The molecule has 0 heterocycles. The second kappa shape index (κ2) is 32.8. The minimum absolute atomic E-state index is 0.354. The molecule has 0 bridgehead atoms. The van der Waals surface area contributed by atoms with Crippen molar-refractivity contribution in [2.24, 2.45) is 11.8 Å². The summed E-state index contributed by atoms with van der Waals surface area (Å²) in [4.78, 5) is 16.6. The number of hydrogen-bond acceptors (Lipinski definition) is 2.